The molecule has 1 aromatic heterocycles. The van der Waals surface area contributed by atoms with E-state index in [1.807, 2.05) is 6.07 Å². The first-order valence-corrected chi connectivity index (χ1v) is 7.92. The molecule has 100 valence electrons. The molecule has 0 unspecified atom stereocenters. The maximum Gasteiger partial charge on any atom is 0.113 e. The quantitative estimate of drug-likeness (QED) is 0.921. The fourth-order valence-corrected chi connectivity index (χ4v) is 3.81. The predicted octanol–water partition coefficient (Wildman–Crippen LogP) is 3.85. The van der Waals surface area contributed by atoms with Crippen molar-refractivity contribution < 1.29 is 0 Å². The van der Waals surface area contributed by atoms with Gasteiger partial charge in [0.25, 0.3) is 0 Å². The van der Waals surface area contributed by atoms with Crippen LogP contribution in [0, 0.1) is 0 Å². The molecule has 0 atom stereocenters. The Morgan fingerprint density at radius 1 is 1.11 bits per heavy atom. The van der Waals surface area contributed by atoms with Gasteiger partial charge in [-0.3, -0.25) is 0 Å². The van der Waals surface area contributed by atoms with E-state index in [0.717, 1.165) is 30.0 Å². The third-order valence-electron chi connectivity index (χ3n) is 3.95. The number of thiazole rings is 1. The number of benzene rings is 1. The van der Waals surface area contributed by atoms with Crippen molar-refractivity contribution in [2.75, 3.05) is 0 Å². The summed E-state index contributed by atoms with van der Waals surface area (Å²) >= 11 is 1.74. The van der Waals surface area contributed by atoms with Crippen LogP contribution in [-0.4, -0.2) is 4.98 Å². The van der Waals surface area contributed by atoms with Gasteiger partial charge in [-0.1, -0.05) is 49.6 Å². The predicted molar refractivity (Wildman–Crippen MR) is 80.3 cm³/mol. The lowest BCUT2D eigenvalue weighted by Crippen LogP contribution is -2.38. The van der Waals surface area contributed by atoms with E-state index in [2.05, 4.69) is 29.6 Å². The van der Waals surface area contributed by atoms with Crippen molar-refractivity contribution in [2.45, 2.75) is 44.1 Å². The summed E-state index contributed by atoms with van der Waals surface area (Å²) in [7, 11) is 0. The zero-order chi connectivity index (χ0) is 13.1. The van der Waals surface area contributed by atoms with Gasteiger partial charge in [0.1, 0.15) is 5.01 Å². The fraction of sp³-hybridized carbons (Fsp3) is 0.438. The fourth-order valence-electron chi connectivity index (χ4n) is 2.82. The van der Waals surface area contributed by atoms with E-state index in [0.29, 0.717) is 0 Å². The van der Waals surface area contributed by atoms with Gasteiger partial charge < -0.3 is 5.73 Å². The van der Waals surface area contributed by atoms with Crippen LogP contribution in [-0.2, 0) is 12.0 Å². The zero-order valence-electron chi connectivity index (χ0n) is 11.1. The summed E-state index contributed by atoms with van der Waals surface area (Å²) in [4.78, 5) is 4.79. The minimum atomic E-state index is -0.155. The van der Waals surface area contributed by atoms with E-state index in [-0.39, 0.29) is 5.54 Å². The summed E-state index contributed by atoms with van der Waals surface area (Å²) in [5, 5.41) is 3.31. The van der Waals surface area contributed by atoms with Crippen molar-refractivity contribution in [1.82, 2.24) is 4.98 Å². The molecule has 1 fully saturated rings. The number of hydrogen-bond acceptors (Lipinski definition) is 3. The third kappa shape index (κ3) is 2.88. The second-order valence-corrected chi connectivity index (χ2v) is 6.38. The summed E-state index contributed by atoms with van der Waals surface area (Å²) in [6.07, 6.45) is 6.89. The normalized spacial score (nSPS) is 18.4. The highest BCUT2D eigenvalue weighted by Crippen LogP contribution is 2.36. The summed E-state index contributed by atoms with van der Waals surface area (Å²) in [5.74, 6) is 0. The highest BCUT2D eigenvalue weighted by Gasteiger charge is 2.32. The van der Waals surface area contributed by atoms with Gasteiger partial charge in [0.2, 0.25) is 0 Å². The van der Waals surface area contributed by atoms with Crippen LogP contribution in [0.15, 0.2) is 35.7 Å². The van der Waals surface area contributed by atoms with Gasteiger partial charge in [-0.15, -0.1) is 11.3 Å². The number of hydrogen-bond donors (Lipinski definition) is 1. The van der Waals surface area contributed by atoms with E-state index in [4.69, 9.17) is 10.7 Å². The SMILES string of the molecule is NC1(c2nc(Cc3ccccc3)cs2)CCCCC1. The van der Waals surface area contributed by atoms with Crippen LogP contribution in [0.5, 0.6) is 0 Å². The molecule has 1 heterocycles. The second kappa shape index (κ2) is 5.43. The smallest absolute Gasteiger partial charge is 0.113 e. The average Bonchev–Trinajstić information content (AvgIpc) is 2.90. The lowest BCUT2D eigenvalue weighted by molar-refractivity contribution is 0.301. The lowest BCUT2D eigenvalue weighted by atomic mass is 9.83. The molecule has 1 saturated carbocycles. The van der Waals surface area contributed by atoms with Gasteiger partial charge in [0.05, 0.1) is 11.2 Å². The molecule has 0 aliphatic heterocycles. The zero-order valence-corrected chi connectivity index (χ0v) is 12.0. The summed E-state index contributed by atoms with van der Waals surface area (Å²) in [6, 6.07) is 10.5. The molecule has 2 nitrogen and oxygen atoms in total. The van der Waals surface area contributed by atoms with Crippen LogP contribution in [0.3, 0.4) is 0 Å². The molecule has 1 aliphatic carbocycles. The molecule has 19 heavy (non-hydrogen) atoms. The minimum absolute atomic E-state index is 0.155. The van der Waals surface area contributed by atoms with Crippen molar-refractivity contribution in [3.8, 4) is 0 Å². The first kappa shape index (κ1) is 12.8. The largest absolute Gasteiger partial charge is 0.319 e. The molecule has 0 amide bonds. The lowest BCUT2D eigenvalue weighted by Gasteiger charge is -2.31. The highest BCUT2D eigenvalue weighted by molar-refractivity contribution is 7.09. The first-order chi connectivity index (χ1) is 9.26. The Labute approximate surface area is 118 Å². The molecule has 1 aromatic carbocycles. The van der Waals surface area contributed by atoms with Crippen LogP contribution in [0.1, 0.15) is 48.4 Å². The monoisotopic (exact) mass is 272 g/mol. The minimum Gasteiger partial charge on any atom is -0.319 e. The molecule has 0 radical (unpaired) electrons. The van der Waals surface area contributed by atoms with Gasteiger partial charge in [-0.25, -0.2) is 4.98 Å². The van der Waals surface area contributed by atoms with Crippen LogP contribution >= 0.6 is 11.3 Å². The Morgan fingerprint density at radius 2 is 1.84 bits per heavy atom. The summed E-state index contributed by atoms with van der Waals surface area (Å²) < 4.78 is 0. The van der Waals surface area contributed by atoms with Crippen LogP contribution in [0.2, 0.25) is 0 Å². The average molecular weight is 272 g/mol. The van der Waals surface area contributed by atoms with Crippen LogP contribution in [0.25, 0.3) is 0 Å². The van der Waals surface area contributed by atoms with Crippen molar-refractivity contribution >= 4 is 11.3 Å². The summed E-state index contributed by atoms with van der Waals surface area (Å²) in [6.45, 7) is 0. The molecule has 1 aliphatic rings. The number of aromatic nitrogens is 1. The van der Waals surface area contributed by atoms with E-state index in [1.165, 1.54) is 24.8 Å². The van der Waals surface area contributed by atoms with Gasteiger partial charge >= 0.3 is 0 Å². The Hall–Kier alpha value is -1.19. The van der Waals surface area contributed by atoms with Crippen molar-refractivity contribution in [3.05, 3.63) is 52.0 Å². The number of rotatable bonds is 3. The number of nitrogens with zero attached hydrogens (tertiary/aromatic N) is 1. The number of nitrogens with two attached hydrogens (primary N) is 1. The molecule has 0 saturated heterocycles. The molecular weight excluding hydrogens is 252 g/mol. The van der Waals surface area contributed by atoms with E-state index in [9.17, 15) is 0 Å². The Kier molecular flexibility index (Phi) is 3.67. The molecule has 2 N–H and O–H groups in total. The molecule has 2 aromatic rings. The van der Waals surface area contributed by atoms with Crippen molar-refractivity contribution in [2.24, 2.45) is 5.73 Å². The van der Waals surface area contributed by atoms with Gasteiger partial charge in [-0.05, 0) is 18.4 Å². The topological polar surface area (TPSA) is 38.9 Å². The summed E-state index contributed by atoms with van der Waals surface area (Å²) in [5.41, 5.74) is 8.85. The third-order valence-corrected chi connectivity index (χ3v) is 5.06. The van der Waals surface area contributed by atoms with E-state index >= 15 is 0 Å². The van der Waals surface area contributed by atoms with Crippen molar-refractivity contribution in [1.29, 1.82) is 0 Å². The molecular formula is C16H20N2S. The Bertz CT molecular complexity index is 527. The molecule has 3 heteroatoms. The van der Waals surface area contributed by atoms with Crippen molar-refractivity contribution in [3.63, 3.8) is 0 Å². The standard InChI is InChI=1S/C16H20N2S/c17-16(9-5-2-6-10-16)15-18-14(12-19-15)11-13-7-3-1-4-8-13/h1,3-4,7-8,12H,2,5-6,9-11,17H2. The van der Waals surface area contributed by atoms with E-state index < -0.39 is 0 Å². The van der Waals surface area contributed by atoms with Gasteiger partial charge in [0.15, 0.2) is 0 Å². The molecule has 0 bridgehead atoms. The maximum atomic E-state index is 6.54. The van der Waals surface area contributed by atoms with Gasteiger partial charge in [0, 0.05) is 11.8 Å². The second-order valence-electron chi connectivity index (χ2n) is 5.52. The maximum absolute atomic E-state index is 6.54. The Morgan fingerprint density at radius 3 is 2.58 bits per heavy atom. The Balaban J connectivity index is 1.76. The highest BCUT2D eigenvalue weighted by atomic mass is 32.1. The van der Waals surface area contributed by atoms with E-state index in [1.54, 1.807) is 11.3 Å². The first-order valence-electron chi connectivity index (χ1n) is 7.04. The van der Waals surface area contributed by atoms with Crippen LogP contribution < -0.4 is 5.73 Å². The molecule has 0 spiro atoms. The molecule has 3 rings (SSSR count). The van der Waals surface area contributed by atoms with Crippen LogP contribution in [0.4, 0.5) is 0 Å². The van der Waals surface area contributed by atoms with Gasteiger partial charge in [-0.2, -0.15) is 0 Å².